The smallest absolute Gasteiger partial charge is 0.405 e. The summed E-state index contributed by atoms with van der Waals surface area (Å²) in [5.41, 5.74) is 0.867. The molecule has 5 atom stereocenters. The van der Waals surface area contributed by atoms with Crippen LogP contribution in [0.2, 0.25) is 0 Å². The maximum Gasteiger partial charge on any atom is 0.573 e. The maximum absolute atomic E-state index is 12.8. The highest BCUT2D eigenvalue weighted by Gasteiger charge is 2.55. The van der Waals surface area contributed by atoms with E-state index in [4.69, 9.17) is 4.74 Å². The molecule has 11 heteroatoms. The minimum absolute atomic E-state index is 0.0376. The van der Waals surface area contributed by atoms with Crippen LogP contribution in [0.15, 0.2) is 30.5 Å². The van der Waals surface area contributed by atoms with Crippen molar-refractivity contribution in [2.24, 2.45) is 29.1 Å². The lowest BCUT2D eigenvalue weighted by molar-refractivity contribution is -0.274. The SMILES string of the molecule is N#Cc1cnc(NCc2ccccc2OC(F)(F)F)nc1NCC12CC3C[C@H](C1)C(CNC1CCOCC1)[C@@H](C3)C2. The number of ether oxygens (including phenoxy) is 2. The molecule has 2 aromatic rings. The molecule has 1 saturated heterocycles. The second-order valence-electron chi connectivity index (χ2n) is 12.4. The fraction of sp³-hybridized carbons (Fsp3) is 0.633. The predicted octanol–water partition coefficient (Wildman–Crippen LogP) is 5.48. The fourth-order valence-electron chi connectivity index (χ4n) is 8.06. The highest BCUT2D eigenvalue weighted by Crippen LogP contribution is 2.62. The van der Waals surface area contributed by atoms with Crippen LogP contribution in [-0.2, 0) is 11.3 Å². The molecule has 220 valence electrons. The Bertz CT molecular complexity index is 1250. The van der Waals surface area contributed by atoms with Gasteiger partial charge in [0.05, 0.1) is 6.20 Å². The van der Waals surface area contributed by atoms with E-state index in [0.29, 0.717) is 23.0 Å². The van der Waals surface area contributed by atoms with E-state index in [1.54, 1.807) is 12.1 Å². The molecule has 4 bridgehead atoms. The molecule has 3 unspecified atom stereocenters. The Morgan fingerprint density at radius 2 is 1.83 bits per heavy atom. The first-order valence-electron chi connectivity index (χ1n) is 14.7. The van der Waals surface area contributed by atoms with Crippen LogP contribution in [0, 0.1) is 40.4 Å². The molecule has 0 radical (unpaired) electrons. The summed E-state index contributed by atoms with van der Waals surface area (Å²) in [5.74, 6) is 3.38. The van der Waals surface area contributed by atoms with Gasteiger partial charge in [-0.05, 0) is 86.6 Å². The molecule has 8 nitrogen and oxygen atoms in total. The first-order chi connectivity index (χ1) is 19.8. The maximum atomic E-state index is 12.8. The third kappa shape index (κ3) is 6.54. The van der Waals surface area contributed by atoms with E-state index >= 15 is 0 Å². The van der Waals surface area contributed by atoms with Gasteiger partial charge in [-0.15, -0.1) is 13.2 Å². The first kappa shape index (κ1) is 28.0. The largest absolute Gasteiger partial charge is 0.573 e. The van der Waals surface area contributed by atoms with Crippen LogP contribution in [0.4, 0.5) is 24.9 Å². The van der Waals surface area contributed by atoms with E-state index < -0.39 is 6.36 Å². The van der Waals surface area contributed by atoms with Gasteiger partial charge in [0.2, 0.25) is 5.95 Å². The van der Waals surface area contributed by atoms with E-state index in [0.717, 1.165) is 62.8 Å². The minimum atomic E-state index is -4.78. The number of halogens is 3. The van der Waals surface area contributed by atoms with Crippen molar-refractivity contribution in [3.8, 4) is 11.8 Å². The normalized spacial score (nSPS) is 29.2. The fourth-order valence-corrected chi connectivity index (χ4v) is 8.06. The van der Waals surface area contributed by atoms with Gasteiger partial charge in [-0.25, -0.2) is 4.98 Å². The molecule has 1 aromatic carbocycles. The Morgan fingerprint density at radius 1 is 1.07 bits per heavy atom. The topological polar surface area (TPSA) is 104 Å². The van der Waals surface area contributed by atoms with Crippen LogP contribution in [0.5, 0.6) is 5.75 Å². The second-order valence-corrected chi connectivity index (χ2v) is 12.4. The highest BCUT2D eigenvalue weighted by molar-refractivity contribution is 5.53. The number of nitrogens with one attached hydrogen (secondary N) is 3. The van der Waals surface area contributed by atoms with Crippen LogP contribution in [0.25, 0.3) is 0 Å². The van der Waals surface area contributed by atoms with Crippen molar-refractivity contribution in [1.82, 2.24) is 15.3 Å². The van der Waals surface area contributed by atoms with Crippen molar-refractivity contribution in [2.45, 2.75) is 63.9 Å². The molecule has 0 spiro atoms. The summed E-state index contributed by atoms with van der Waals surface area (Å²) >= 11 is 0. The third-order valence-electron chi connectivity index (χ3n) is 9.63. The number of aromatic nitrogens is 2. The summed E-state index contributed by atoms with van der Waals surface area (Å²) < 4.78 is 48.1. The minimum Gasteiger partial charge on any atom is -0.405 e. The number of benzene rings is 1. The Hall–Kier alpha value is -3.10. The highest BCUT2D eigenvalue weighted by atomic mass is 19.4. The number of hydrogen-bond acceptors (Lipinski definition) is 8. The van der Waals surface area contributed by atoms with Gasteiger partial charge in [0.25, 0.3) is 0 Å². The molecule has 5 aliphatic rings. The summed E-state index contributed by atoms with van der Waals surface area (Å²) in [4.78, 5) is 8.75. The van der Waals surface area contributed by atoms with Gasteiger partial charge in [-0.1, -0.05) is 18.2 Å². The van der Waals surface area contributed by atoms with E-state index in [9.17, 15) is 18.4 Å². The molecule has 4 aliphatic carbocycles. The molecule has 3 N–H and O–H groups in total. The predicted molar refractivity (Wildman–Crippen MR) is 147 cm³/mol. The molecule has 1 aliphatic heterocycles. The second kappa shape index (κ2) is 11.6. The number of alkyl halides is 3. The zero-order valence-corrected chi connectivity index (χ0v) is 23.1. The van der Waals surface area contributed by atoms with Gasteiger partial charge >= 0.3 is 6.36 Å². The molecular formula is C30H37F3N6O2. The van der Waals surface area contributed by atoms with Crippen molar-refractivity contribution in [3.63, 3.8) is 0 Å². The molecular weight excluding hydrogens is 533 g/mol. The molecule has 7 rings (SSSR count). The molecule has 4 saturated carbocycles. The van der Waals surface area contributed by atoms with Crippen LogP contribution >= 0.6 is 0 Å². The van der Waals surface area contributed by atoms with Crippen molar-refractivity contribution < 1.29 is 22.6 Å². The average Bonchev–Trinajstić information content (AvgIpc) is 2.95. The van der Waals surface area contributed by atoms with E-state index in [2.05, 4.69) is 36.7 Å². The quantitative estimate of drug-likeness (QED) is 0.345. The van der Waals surface area contributed by atoms with Gasteiger partial charge in [0, 0.05) is 37.9 Å². The number of rotatable bonds is 10. The third-order valence-corrected chi connectivity index (χ3v) is 9.63. The number of nitrogens with zero attached hydrogens (tertiary/aromatic N) is 3. The summed E-state index contributed by atoms with van der Waals surface area (Å²) in [6.45, 7) is 3.61. The van der Waals surface area contributed by atoms with Crippen molar-refractivity contribution in [2.75, 3.05) is 36.9 Å². The van der Waals surface area contributed by atoms with Crippen molar-refractivity contribution in [1.29, 1.82) is 5.26 Å². The number of anilines is 2. The van der Waals surface area contributed by atoms with Crippen LogP contribution in [-0.4, -0.2) is 48.7 Å². The van der Waals surface area contributed by atoms with Gasteiger partial charge in [-0.2, -0.15) is 10.2 Å². The van der Waals surface area contributed by atoms with E-state index in [-0.39, 0.29) is 23.7 Å². The van der Waals surface area contributed by atoms with Crippen LogP contribution < -0.4 is 20.7 Å². The van der Waals surface area contributed by atoms with E-state index in [1.807, 2.05) is 0 Å². The van der Waals surface area contributed by atoms with Crippen LogP contribution in [0.3, 0.4) is 0 Å². The van der Waals surface area contributed by atoms with Gasteiger partial charge in [0.1, 0.15) is 23.2 Å². The van der Waals surface area contributed by atoms with Gasteiger partial charge in [-0.3, -0.25) is 0 Å². The number of hydrogen-bond donors (Lipinski definition) is 3. The average molecular weight is 571 g/mol. The van der Waals surface area contributed by atoms with Gasteiger partial charge in [0.15, 0.2) is 0 Å². The zero-order valence-electron chi connectivity index (χ0n) is 23.1. The van der Waals surface area contributed by atoms with Crippen molar-refractivity contribution >= 4 is 11.8 Å². The lowest BCUT2D eigenvalue weighted by atomic mass is 9.46. The summed E-state index contributed by atoms with van der Waals surface area (Å²) in [7, 11) is 0. The first-order valence-corrected chi connectivity index (χ1v) is 14.7. The molecule has 1 aromatic heterocycles. The summed E-state index contributed by atoms with van der Waals surface area (Å²) in [6, 6.07) is 8.70. The Morgan fingerprint density at radius 3 is 2.56 bits per heavy atom. The summed E-state index contributed by atoms with van der Waals surface area (Å²) in [5, 5.41) is 20.0. The molecule has 2 heterocycles. The Balaban J connectivity index is 1.09. The Labute approximate surface area is 238 Å². The lowest BCUT2D eigenvalue weighted by Crippen LogP contribution is -2.56. The Kier molecular flexibility index (Phi) is 7.97. The van der Waals surface area contributed by atoms with Crippen molar-refractivity contribution in [3.05, 3.63) is 41.6 Å². The monoisotopic (exact) mass is 570 g/mol. The van der Waals surface area contributed by atoms with E-state index in [1.165, 1.54) is 50.4 Å². The summed E-state index contributed by atoms with van der Waals surface area (Å²) in [6.07, 6.45) is 5.12. The van der Waals surface area contributed by atoms with Gasteiger partial charge < -0.3 is 25.4 Å². The zero-order chi connectivity index (χ0) is 28.5. The van der Waals surface area contributed by atoms with Crippen LogP contribution in [0.1, 0.15) is 56.1 Å². The molecule has 0 amide bonds. The number of para-hydroxylation sites is 1. The molecule has 5 fully saturated rings. The number of nitriles is 1. The lowest BCUT2D eigenvalue weighted by Gasteiger charge is -2.60. The standard InChI is InChI=1S/C30H37F3N6O2/c31-30(32,33)41-26-4-2-1-3-20(26)15-36-28-37-16-23(14-34)27(39-28)38-18-29-11-19-9-21(12-29)25(22(10-19)13-29)17-35-24-5-7-40-8-6-24/h1-4,16,19,21-22,24-25,35H,5-13,15,17-18H2,(H2,36,37,38,39)/t19?,21-,22+,25?,29?. The molecule has 41 heavy (non-hydrogen) atoms.